The van der Waals surface area contributed by atoms with E-state index in [2.05, 4.69) is 15.2 Å². The first-order valence-electron chi connectivity index (χ1n) is 7.79. The molecule has 1 saturated carbocycles. The predicted octanol–water partition coefficient (Wildman–Crippen LogP) is 2.07. The van der Waals surface area contributed by atoms with Crippen LogP contribution in [0.2, 0.25) is 0 Å². The fraction of sp³-hybridized carbons (Fsp3) is 0.438. The summed E-state index contributed by atoms with van der Waals surface area (Å²) in [7, 11) is -3.19. The number of rotatable bonds is 8. The van der Waals surface area contributed by atoms with Crippen LogP contribution < -0.4 is 10.0 Å². The van der Waals surface area contributed by atoms with Crippen molar-refractivity contribution in [1.29, 1.82) is 0 Å². The van der Waals surface area contributed by atoms with Gasteiger partial charge in [-0.15, -0.1) is 0 Å². The highest BCUT2D eigenvalue weighted by atomic mass is 32.2. The van der Waals surface area contributed by atoms with Crippen LogP contribution in [0, 0.1) is 0 Å². The third-order valence-corrected chi connectivity index (χ3v) is 5.20. The molecule has 2 N–H and O–H groups in total. The van der Waals surface area contributed by atoms with Crippen LogP contribution in [0.1, 0.15) is 31.6 Å². The summed E-state index contributed by atoms with van der Waals surface area (Å²) in [5.74, 6) is 0.754. The molecule has 1 atom stereocenters. The van der Waals surface area contributed by atoms with Crippen LogP contribution in [0.15, 0.2) is 40.9 Å². The van der Waals surface area contributed by atoms with E-state index in [-0.39, 0.29) is 17.8 Å². The van der Waals surface area contributed by atoms with E-state index >= 15 is 0 Å². The first-order valence-corrected chi connectivity index (χ1v) is 9.44. The summed E-state index contributed by atoms with van der Waals surface area (Å²) in [4.78, 5) is 0. The molecule has 6 nitrogen and oxygen atoms in total. The van der Waals surface area contributed by atoms with E-state index in [1.807, 2.05) is 43.3 Å². The monoisotopic (exact) mass is 335 g/mol. The smallest absolute Gasteiger partial charge is 0.213 e. The molecule has 1 aliphatic rings. The fourth-order valence-electron chi connectivity index (χ4n) is 2.26. The van der Waals surface area contributed by atoms with Crippen molar-refractivity contribution in [3.63, 3.8) is 0 Å². The van der Waals surface area contributed by atoms with Gasteiger partial charge < -0.3 is 9.84 Å². The summed E-state index contributed by atoms with van der Waals surface area (Å²) in [5.41, 5.74) is 1.77. The van der Waals surface area contributed by atoms with Gasteiger partial charge in [0.1, 0.15) is 5.69 Å². The van der Waals surface area contributed by atoms with E-state index in [0.29, 0.717) is 12.3 Å². The summed E-state index contributed by atoms with van der Waals surface area (Å²) in [6, 6.07) is 11.7. The molecule has 7 heteroatoms. The minimum Gasteiger partial charge on any atom is -0.359 e. The molecule has 1 unspecified atom stereocenters. The zero-order chi connectivity index (χ0) is 16.3. The molecule has 0 bridgehead atoms. The Kier molecular flexibility index (Phi) is 4.79. The van der Waals surface area contributed by atoms with Gasteiger partial charge in [0.25, 0.3) is 0 Å². The first-order chi connectivity index (χ1) is 11.0. The zero-order valence-corrected chi connectivity index (χ0v) is 13.8. The van der Waals surface area contributed by atoms with Crippen LogP contribution in [-0.4, -0.2) is 31.9 Å². The highest BCUT2D eigenvalue weighted by Gasteiger charge is 2.26. The van der Waals surface area contributed by atoms with Gasteiger partial charge in [-0.25, -0.2) is 13.1 Å². The largest absolute Gasteiger partial charge is 0.359 e. The molecule has 1 fully saturated rings. The molecule has 1 aromatic carbocycles. The van der Waals surface area contributed by atoms with Gasteiger partial charge in [0.05, 0.1) is 11.8 Å². The van der Waals surface area contributed by atoms with Gasteiger partial charge in [-0.05, 0) is 19.8 Å². The van der Waals surface area contributed by atoms with Crippen molar-refractivity contribution in [3.05, 3.63) is 42.2 Å². The number of hydrogen-bond donors (Lipinski definition) is 2. The molecule has 0 aliphatic heterocycles. The van der Waals surface area contributed by atoms with Crippen molar-refractivity contribution >= 4 is 10.0 Å². The number of aromatic nitrogens is 1. The maximum absolute atomic E-state index is 11.8. The number of hydrogen-bond acceptors (Lipinski definition) is 5. The molecule has 0 radical (unpaired) electrons. The average molecular weight is 335 g/mol. The second-order valence-electron chi connectivity index (χ2n) is 5.87. The molecule has 1 aromatic heterocycles. The van der Waals surface area contributed by atoms with Gasteiger partial charge in [-0.1, -0.05) is 35.5 Å². The summed E-state index contributed by atoms with van der Waals surface area (Å²) >= 11 is 0. The van der Waals surface area contributed by atoms with Crippen molar-refractivity contribution in [3.8, 4) is 11.3 Å². The number of benzene rings is 1. The van der Waals surface area contributed by atoms with Gasteiger partial charge in [0, 0.05) is 24.2 Å². The van der Waals surface area contributed by atoms with E-state index in [1.165, 1.54) is 0 Å². The predicted molar refractivity (Wildman–Crippen MR) is 88.3 cm³/mol. The summed E-state index contributed by atoms with van der Waals surface area (Å²) in [6.07, 6.45) is 1.90. The van der Waals surface area contributed by atoms with Gasteiger partial charge >= 0.3 is 0 Å². The van der Waals surface area contributed by atoms with Crippen molar-refractivity contribution in [2.75, 3.05) is 12.3 Å². The lowest BCUT2D eigenvalue weighted by Crippen LogP contribution is -2.33. The van der Waals surface area contributed by atoms with Crippen LogP contribution in [0.5, 0.6) is 0 Å². The zero-order valence-electron chi connectivity index (χ0n) is 13.0. The molecule has 0 saturated heterocycles. The van der Waals surface area contributed by atoms with Crippen LogP contribution in [0.3, 0.4) is 0 Å². The Hall–Kier alpha value is -1.70. The molecule has 124 valence electrons. The second-order valence-corrected chi connectivity index (χ2v) is 7.74. The van der Waals surface area contributed by atoms with Crippen molar-refractivity contribution in [2.24, 2.45) is 0 Å². The average Bonchev–Trinajstić information content (AvgIpc) is 3.18. The van der Waals surface area contributed by atoms with Gasteiger partial charge in [-0.3, -0.25) is 0 Å². The normalized spacial score (nSPS) is 16.4. The number of nitrogens with zero attached hydrogens (tertiary/aromatic N) is 1. The van der Waals surface area contributed by atoms with E-state index in [0.717, 1.165) is 24.1 Å². The third-order valence-electron chi connectivity index (χ3n) is 3.77. The fourth-order valence-corrected chi connectivity index (χ4v) is 3.51. The molecule has 3 rings (SSSR count). The Morgan fingerprint density at radius 2 is 2.04 bits per heavy atom. The molecule has 23 heavy (non-hydrogen) atoms. The Balaban J connectivity index is 1.52. The van der Waals surface area contributed by atoms with Crippen LogP contribution in [0.25, 0.3) is 11.3 Å². The lowest BCUT2D eigenvalue weighted by Gasteiger charge is -2.11. The van der Waals surface area contributed by atoms with Crippen molar-refractivity contribution in [2.45, 2.75) is 31.8 Å². The molecular weight excluding hydrogens is 314 g/mol. The quantitative estimate of drug-likeness (QED) is 0.771. The third kappa shape index (κ3) is 4.63. The summed E-state index contributed by atoms with van der Waals surface area (Å²) in [6.45, 7) is 2.29. The molecule has 1 aliphatic carbocycles. The Bertz CT molecular complexity index is 739. The highest BCUT2D eigenvalue weighted by Crippen LogP contribution is 2.22. The van der Waals surface area contributed by atoms with E-state index in [4.69, 9.17) is 4.52 Å². The highest BCUT2D eigenvalue weighted by molar-refractivity contribution is 7.89. The molecule has 0 amide bonds. The van der Waals surface area contributed by atoms with E-state index < -0.39 is 10.0 Å². The summed E-state index contributed by atoms with van der Waals surface area (Å²) < 4.78 is 31.6. The number of nitrogens with one attached hydrogen (secondary N) is 2. The maximum atomic E-state index is 11.8. The van der Waals surface area contributed by atoms with Crippen LogP contribution >= 0.6 is 0 Å². The lowest BCUT2D eigenvalue weighted by molar-refractivity contribution is 0.350. The second kappa shape index (κ2) is 6.82. The standard InChI is InChI=1S/C16H21N3O3S/c1-12(17-9-10-23(20,21)19-14-7-8-14)16-11-15(18-22-16)13-5-3-2-4-6-13/h2-6,11-12,14,17,19H,7-10H2,1H3. The Labute approximate surface area is 136 Å². The Morgan fingerprint density at radius 3 is 2.74 bits per heavy atom. The van der Waals surface area contributed by atoms with Crippen LogP contribution in [-0.2, 0) is 10.0 Å². The molecule has 0 spiro atoms. The summed E-state index contributed by atoms with van der Waals surface area (Å²) in [5, 5.41) is 7.23. The maximum Gasteiger partial charge on any atom is 0.213 e. The molecule has 2 aromatic rings. The Morgan fingerprint density at radius 1 is 1.30 bits per heavy atom. The van der Waals surface area contributed by atoms with Crippen LogP contribution in [0.4, 0.5) is 0 Å². The topological polar surface area (TPSA) is 84.2 Å². The van der Waals surface area contributed by atoms with E-state index in [1.54, 1.807) is 0 Å². The van der Waals surface area contributed by atoms with E-state index in [9.17, 15) is 8.42 Å². The van der Waals surface area contributed by atoms with Crippen molar-refractivity contribution < 1.29 is 12.9 Å². The van der Waals surface area contributed by atoms with Gasteiger partial charge in [-0.2, -0.15) is 0 Å². The number of sulfonamides is 1. The van der Waals surface area contributed by atoms with Gasteiger partial charge in [0.2, 0.25) is 10.0 Å². The minimum absolute atomic E-state index is 0.0630. The lowest BCUT2D eigenvalue weighted by atomic mass is 10.1. The first kappa shape index (κ1) is 16.2. The van der Waals surface area contributed by atoms with Crippen molar-refractivity contribution in [1.82, 2.24) is 15.2 Å². The minimum atomic E-state index is -3.19. The molecular formula is C16H21N3O3S. The SMILES string of the molecule is CC(NCCS(=O)(=O)NC1CC1)c1cc(-c2ccccc2)no1. The van der Waals surface area contributed by atoms with Gasteiger partial charge in [0.15, 0.2) is 5.76 Å². The molecule has 1 heterocycles.